The summed E-state index contributed by atoms with van der Waals surface area (Å²) in [6.07, 6.45) is 2.82. The molecule has 1 unspecified atom stereocenters. The van der Waals surface area contributed by atoms with Gasteiger partial charge in [0.1, 0.15) is 24.6 Å². The summed E-state index contributed by atoms with van der Waals surface area (Å²) in [5, 5.41) is 12.5. The van der Waals surface area contributed by atoms with Crippen molar-refractivity contribution in [2.75, 3.05) is 0 Å². The number of aliphatic hydroxyl groups excluding tert-OH is 1. The Kier molecular flexibility index (Phi) is 6.95. The average Bonchev–Trinajstić information content (AvgIpc) is 3.20. The van der Waals surface area contributed by atoms with Crippen LogP contribution in [0.3, 0.4) is 0 Å². The Bertz CT molecular complexity index is 1300. The lowest BCUT2D eigenvalue weighted by atomic mass is 10.1. The van der Waals surface area contributed by atoms with E-state index in [2.05, 4.69) is 10.3 Å². The van der Waals surface area contributed by atoms with Crippen LogP contribution in [0.1, 0.15) is 40.7 Å². The Morgan fingerprint density at radius 2 is 2.06 bits per heavy atom. The van der Waals surface area contributed by atoms with Gasteiger partial charge in [-0.15, -0.1) is 0 Å². The summed E-state index contributed by atoms with van der Waals surface area (Å²) in [4.78, 5) is 29.7. The third-order valence-electron chi connectivity index (χ3n) is 5.79. The van der Waals surface area contributed by atoms with Crippen molar-refractivity contribution in [3.05, 3.63) is 86.4 Å². The van der Waals surface area contributed by atoms with E-state index in [4.69, 9.17) is 16.3 Å². The second-order valence-electron chi connectivity index (χ2n) is 8.14. The normalized spacial score (nSPS) is 17.6. The molecule has 1 saturated carbocycles. The van der Waals surface area contributed by atoms with Crippen LogP contribution in [-0.4, -0.2) is 32.7 Å². The van der Waals surface area contributed by atoms with E-state index in [1.807, 2.05) is 0 Å². The van der Waals surface area contributed by atoms with Crippen molar-refractivity contribution in [2.24, 2.45) is 0 Å². The van der Waals surface area contributed by atoms with Crippen LogP contribution in [0.15, 0.2) is 47.5 Å². The van der Waals surface area contributed by atoms with Crippen LogP contribution in [0.25, 0.3) is 5.69 Å². The number of aliphatic hydroxyl groups is 1. The molecular formula is C24H22ClF2N3O4. The molecule has 34 heavy (non-hydrogen) atoms. The number of aryl methyl sites for hydroxylation is 1. The number of rotatable bonds is 6. The fraction of sp³-hybridized carbons (Fsp3) is 0.292. The summed E-state index contributed by atoms with van der Waals surface area (Å²) < 4.78 is 33.5. The first kappa shape index (κ1) is 23.8. The van der Waals surface area contributed by atoms with Gasteiger partial charge in [0.25, 0.3) is 11.5 Å². The number of halogens is 3. The molecule has 1 heterocycles. The Hall–Kier alpha value is -3.30. The van der Waals surface area contributed by atoms with Crippen molar-refractivity contribution < 1.29 is 23.4 Å². The van der Waals surface area contributed by atoms with Gasteiger partial charge in [0.15, 0.2) is 5.02 Å². The minimum absolute atomic E-state index is 0.0744. The molecule has 0 saturated heterocycles. The fourth-order valence-corrected chi connectivity index (χ4v) is 4.04. The van der Waals surface area contributed by atoms with Crippen molar-refractivity contribution in [1.29, 1.82) is 0 Å². The molecule has 1 fully saturated rings. The van der Waals surface area contributed by atoms with Crippen LogP contribution < -0.4 is 15.6 Å². The topological polar surface area (TPSA) is 93.5 Å². The highest BCUT2D eigenvalue weighted by Gasteiger charge is 2.27. The maximum Gasteiger partial charge on any atom is 0.280 e. The van der Waals surface area contributed by atoms with Crippen LogP contribution in [0, 0.1) is 18.6 Å². The highest BCUT2D eigenvalue weighted by atomic mass is 35.5. The van der Waals surface area contributed by atoms with Gasteiger partial charge in [-0.2, -0.15) is 0 Å². The highest BCUT2D eigenvalue weighted by Crippen LogP contribution is 2.23. The number of carbonyl (C=O) groups excluding carboxylic acids is 1. The van der Waals surface area contributed by atoms with E-state index in [0.29, 0.717) is 29.7 Å². The zero-order chi connectivity index (χ0) is 24.4. The molecule has 1 aliphatic rings. The van der Waals surface area contributed by atoms with Crippen LogP contribution >= 0.6 is 11.6 Å². The molecule has 4 rings (SSSR count). The first-order chi connectivity index (χ1) is 16.2. The first-order valence-corrected chi connectivity index (χ1v) is 11.1. The average molecular weight is 490 g/mol. The summed E-state index contributed by atoms with van der Waals surface area (Å²) in [5.41, 5.74) is 0.841. The van der Waals surface area contributed by atoms with Crippen molar-refractivity contribution in [3.8, 4) is 11.6 Å². The maximum atomic E-state index is 13.8. The van der Waals surface area contributed by atoms with Gasteiger partial charge in [0.05, 0.1) is 17.8 Å². The molecule has 10 heteroatoms. The molecule has 1 amide bonds. The minimum Gasteiger partial charge on any atom is -0.471 e. The number of hydrogen-bond donors (Lipinski definition) is 2. The molecule has 0 bridgehead atoms. The number of carbonyl (C=O) groups is 1. The lowest BCUT2D eigenvalue weighted by molar-refractivity contribution is 0.0873. The van der Waals surface area contributed by atoms with Gasteiger partial charge in [0, 0.05) is 17.2 Å². The van der Waals surface area contributed by atoms with Crippen molar-refractivity contribution in [2.45, 2.75) is 44.9 Å². The molecule has 2 aromatic carbocycles. The predicted octanol–water partition coefficient (Wildman–Crippen LogP) is 3.69. The second kappa shape index (κ2) is 9.90. The third kappa shape index (κ3) is 4.95. The summed E-state index contributed by atoms with van der Waals surface area (Å²) in [5.74, 6) is -2.07. The number of benzene rings is 2. The molecule has 0 aliphatic heterocycles. The molecule has 2 atom stereocenters. The van der Waals surface area contributed by atoms with Gasteiger partial charge >= 0.3 is 0 Å². The second-order valence-corrected chi connectivity index (χ2v) is 8.52. The van der Waals surface area contributed by atoms with Gasteiger partial charge in [-0.05, 0) is 56.0 Å². The number of nitrogens with one attached hydrogen (secondary N) is 1. The molecule has 0 spiro atoms. The zero-order valence-corrected chi connectivity index (χ0v) is 19.0. The smallest absolute Gasteiger partial charge is 0.280 e. The largest absolute Gasteiger partial charge is 0.471 e. The zero-order valence-electron chi connectivity index (χ0n) is 18.2. The Morgan fingerprint density at radius 1 is 1.26 bits per heavy atom. The summed E-state index contributed by atoms with van der Waals surface area (Å²) >= 11 is 6.18. The molecule has 1 aromatic heterocycles. The Balaban J connectivity index is 1.57. The van der Waals surface area contributed by atoms with Gasteiger partial charge in [-0.3, -0.25) is 14.2 Å². The van der Waals surface area contributed by atoms with Gasteiger partial charge < -0.3 is 15.2 Å². The lowest BCUT2D eigenvalue weighted by Gasteiger charge is -2.17. The maximum absolute atomic E-state index is 13.8. The quantitative estimate of drug-likeness (QED) is 0.551. The molecule has 3 aromatic rings. The van der Waals surface area contributed by atoms with E-state index in [9.17, 15) is 23.5 Å². The Labute approximate surface area is 199 Å². The van der Waals surface area contributed by atoms with E-state index in [1.165, 1.54) is 17.0 Å². The number of ether oxygens (including phenoxy) is 1. The van der Waals surface area contributed by atoms with Crippen LogP contribution in [0.2, 0.25) is 5.02 Å². The van der Waals surface area contributed by atoms with Crippen LogP contribution in [-0.2, 0) is 6.61 Å². The van der Waals surface area contributed by atoms with E-state index >= 15 is 0 Å². The SMILES string of the molecule is Cc1ccc(C(=O)NC2CCC[C@H]2O)cc1-n1cnc(OCc2ccc(F)cc2F)c(Cl)c1=O. The van der Waals surface area contributed by atoms with Crippen molar-refractivity contribution >= 4 is 17.5 Å². The molecular weight excluding hydrogens is 468 g/mol. The fourth-order valence-electron chi connectivity index (χ4n) is 3.84. The van der Waals surface area contributed by atoms with E-state index in [0.717, 1.165) is 18.6 Å². The molecule has 178 valence electrons. The first-order valence-electron chi connectivity index (χ1n) is 10.7. The molecule has 2 N–H and O–H groups in total. The summed E-state index contributed by atoms with van der Waals surface area (Å²) in [6, 6.07) is 7.60. The Morgan fingerprint density at radius 3 is 2.76 bits per heavy atom. The van der Waals surface area contributed by atoms with Gasteiger partial charge in [0.2, 0.25) is 5.88 Å². The summed E-state index contributed by atoms with van der Waals surface area (Å²) in [6.45, 7) is 1.46. The number of nitrogens with zero attached hydrogens (tertiary/aromatic N) is 2. The molecule has 7 nitrogen and oxygen atoms in total. The van der Waals surface area contributed by atoms with Crippen molar-refractivity contribution in [1.82, 2.24) is 14.9 Å². The third-order valence-corrected chi connectivity index (χ3v) is 6.11. The minimum atomic E-state index is -0.791. The lowest BCUT2D eigenvalue weighted by Crippen LogP contribution is -2.39. The van der Waals surface area contributed by atoms with Crippen molar-refractivity contribution in [3.63, 3.8) is 0 Å². The predicted molar refractivity (Wildman–Crippen MR) is 121 cm³/mol. The number of amides is 1. The molecule has 1 aliphatic carbocycles. The van der Waals surface area contributed by atoms with Crippen LogP contribution in [0.4, 0.5) is 8.78 Å². The van der Waals surface area contributed by atoms with E-state index < -0.39 is 23.3 Å². The monoisotopic (exact) mass is 489 g/mol. The number of aromatic nitrogens is 2. The van der Waals surface area contributed by atoms with E-state index in [-0.39, 0.29) is 35.0 Å². The standard InChI is InChI=1S/C24H22ClF2N3O4/c1-13-5-6-14(22(32)29-18-3-2-4-20(18)31)9-19(13)30-12-28-23(21(25)24(30)33)34-11-15-7-8-16(26)10-17(15)27/h5-10,12,18,20,31H,2-4,11H2,1H3,(H,29,32)/t18?,20-/m1/s1. The highest BCUT2D eigenvalue weighted by molar-refractivity contribution is 6.31. The number of hydrogen-bond acceptors (Lipinski definition) is 5. The van der Waals surface area contributed by atoms with Crippen LogP contribution in [0.5, 0.6) is 5.88 Å². The van der Waals surface area contributed by atoms with E-state index in [1.54, 1.807) is 25.1 Å². The van der Waals surface area contributed by atoms with Gasteiger partial charge in [-0.1, -0.05) is 17.7 Å². The van der Waals surface area contributed by atoms with Gasteiger partial charge in [-0.25, -0.2) is 13.8 Å². The molecule has 0 radical (unpaired) electrons. The summed E-state index contributed by atoms with van der Waals surface area (Å²) in [7, 11) is 0.